The van der Waals surface area contributed by atoms with Gasteiger partial charge in [0, 0.05) is 6.42 Å². The van der Waals surface area contributed by atoms with E-state index in [1.165, 1.54) is 0 Å². The molecule has 0 atom stereocenters. The zero-order valence-electron chi connectivity index (χ0n) is 10.2. The minimum Gasteiger partial charge on any atom is -0.466 e. The number of esters is 1. The van der Waals surface area contributed by atoms with E-state index in [9.17, 15) is 4.79 Å². The Morgan fingerprint density at radius 2 is 1.64 bits per heavy atom. The second-order valence-electron chi connectivity index (χ2n) is 4.50. The SMILES string of the molecule is CCOC(=O)CCC(C(C)C)C(C)C. The van der Waals surface area contributed by atoms with Gasteiger partial charge in [0.25, 0.3) is 0 Å². The van der Waals surface area contributed by atoms with Gasteiger partial charge in [-0.1, -0.05) is 27.7 Å². The van der Waals surface area contributed by atoms with Crippen LogP contribution in [-0.2, 0) is 9.53 Å². The van der Waals surface area contributed by atoms with Crippen LogP contribution in [0.3, 0.4) is 0 Å². The van der Waals surface area contributed by atoms with Crippen molar-refractivity contribution in [1.82, 2.24) is 0 Å². The van der Waals surface area contributed by atoms with Crippen LogP contribution in [0.4, 0.5) is 0 Å². The second-order valence-corrected chi connectivity index (χ2v) is 4.50. The van der Waals surface area contributed by atoms with E-state index >= 15 is 0 Å². The molecule has 0 rings (SSSR count). The minimum absolute atomic E-state index is 0.0567. The molecule has 0 aromatic heterocycles. The van der Waals surface area contributed by atoms with Gasteiger partial charge in [0.1, 0.15) is 0 Å². The molecule has 0 aliphatic rings. The molecule has 0 bridgehead atoms. The fourth-order valence-electron chi connectivity index (χ4n) is 1.95. The largest absolute Gasteiger partial charge is 0.466 e. The van der Waals surface area contributed by atoms with E-state index in [1.807, 2.05) is 6.92 Å². The van der Waals surface area contributed by atoms with E-state index in [-0.39, 0.29) is 5.97 Å². The van der Waals surface area contributed by atoms with Gasteiger partial charge in [-0.3, -0.25) is 4.79 Å². The summed E-state index contributed by atoms with van der Waals surface area (Å²) >= 11 is 0. The standard InChI is InChI=1S/C12H24O2/c1-6-14-12(13)8-7-11(9(2)3)10(4)5/h9-11H,6-8H2,1-5H3. The first-order chi connectivity index (χ1) is 6.49. The Bertz CT molecular complexity index is 154. The summed E-state index contributed by atoms with van der Waals surface area (Å²) < 4.78 is 4.91. The van der Waals surface area contributed by atoms with E-state index in [0.29, 0.717) is 30.8 Å². The van der Waals surface area contributed by atoms with Crippen molar-refractivity contribution in [3.63, 3.8) is 0 Å². The summed E-state index contributed by atoms with van der Waals surface area (Å²) in [6.45, 7) is 11.2. The van der Waals surface area contributed by atoms with Crippen LogP contribution in [0, 0.1) is 17.8 Å². The Hall–Kier alpha value is -0.530. The first kappa shape index (κ1) is 13.5. The third kappa shape index (κ3) is 5.25. The zero-order valence-corrected chi connectivity index (χ0v) is 10.2. The van der Waals surface area contributed by atoms with Gasteiger partial charge in [-0.25, -0.2) is 0 Å². The normalized spacial score (nSPS) is 11.4. The lowest BCUT2D eigenvalue weighted by atomic mass is 9.82. The number of carbonyl (C=O) groups excluding carboxylic acids is 1. The zero-order chi connectivity index (χ0) is 11.1. The molecule has 0 aliphatic carbocycles. The van der Waals surface area contributed by atoms with Crippen molar-refractivity contribution >= 4 is 5.97 Å². The summed E-state index contributed by atoms with van der Waals surface area (Å²) in [5.74, 6) is 1.85. The van der Waals surface area contributed by atoms with Crippen molar-refractivity contribution in [1.29, 1.82) is 0 Å². The van der Waals surface area contributed by atoms with E-state index in [1.54, 1.807) is 0 Å². The molecule has 0 heterocycles. The molecular formula is C12H24O2. The van der Waals surface area contributed by atoms with Crippen LogP contribution >= 0.6 is 0 Å². The summed E-state index contributed by atoms with van der Waals surface area (Å²) in [7, 11) is 0. The van der Waals surface area contributed by atoms with Crippen molar-refractivity contribution in [2.24, 2.45) is 17.8 Å². The van der Waals surface area contributed by atoms with Gasteiger partial charge in [0.15, 0.2) is 0 Å². The van der Waals surface area contributed by atoms with E-state index < -0.39 is 0 Å². The fraction of sp³-hybridized carbons (Fsp3) is 0.917. The van der Waals surface area contributed by atoms with Crippen molar-refractivity contribution in [2.45, 2.75) is 47.5 Å². The van der Waals surface area contributed by atoms with Crippen LogP contribution in [0.5, 0.6) is 0 Å². The molecule has 0 N–H and O–H groups in total. The first-order valence-electron chi connectivity index (χ1n) is 5.64. The van der Waals surface area contributed by atoms with Crippen LogP contribution in [-0.4, -0.2) is 12.6 Å². The Balaban J connectivity index is 3.88. The molecule has 0 aliphatic heterocycles. The summed E-state index contributed by atoms with van der Waals surface area (Å²) in [6, 6.07) is 0. The molecule has 0 radical (unpaired) electrons. The molecule has 0 amide bonds. The summed E-state index contributed by atoms with van der Waals surface area (Å²) in [5, 5.41) is 0. The van der Waals surface area contributed by atoms with Crippen LogP contribution in [0.2, 0.25) is 0 Å². The van der Waals surface area contributed by atoms with Crippen molar-refractivity contribution in [3.8, 4) is 0 Å². The van der Waals surface area contributed by atoms with Crippen molar-refractivity contribution in [2.75, 3.05) is 6.61 Å². The highest BCUT2D eigenvalue weighted by Gasteiger charge is 2.18. The molecule has 0 spiro atoms. The smallest absolute Gasteiger partial charge is 0.305 e. The monoisotopic (exact) mass is 200 g/mol. The Morgan fingerprint density at radius 1 is 1.14 bits per heavy atom. The van der Waals surface area contributed by atoms with E-state index in [0.717, 1.165) is 6.42 Å². The summed E-state index contributed by atoms with van der Waals surface area (Å²) in [5.41, 5.74) is 0. The predicted molar refractivity (Wildman–Crippen MR) is 59.0 cm³/mol. The van der Waals surface area contributed by atoms with Crippen LogP contribution in [0.1, 0.15) is 47.5 Å². The molecule has 0 aromatic carbocycles. The maximum atomic E-state index is 11.2. The number of carbonyl (C=O) groups is 1. The average Bonchev–Trinajstić information content (AvgIpc) is 2.03. The highest BCUT2D eigenvalue weighted by Crippen LogP contribution is 2.25. The van der Waals surface area contributed by atoms with Gasteiger partial charge < -0.3 is 4.74 Å². The van der Waals surface area contributed by atoms with E-state index in [4.69, 9.17) is 4.74 Å². The lowest BCUT2D eigenvalue weighted by Crippen LogP contribution is -2.17. The van der Waals surface area contributed by atoms with Gasteiger partial charge in [-0.15, -0.1) is 0 Å². The topological polar surface area (TPSA) is 26.3 Å². The van der Waals surface area contributed by atoms with E-state index in [2.05, 4.69) is 27.7 Å². The van der Waals surface area contributed by atoms with Gasteiger partial charge in [0.05, 0.1) is 6.61 Å². The van der Waals surface area contributed by atoms with Crippen LogP contribution in [0.25, 0.3) is 0 Å². The molecule has 0 saturated heterocycles. The number of hydrogen-bond donors (Lipinski definition) is 0. The number of hydrogen-bond acceptors (Lipinski definition) is 2. The molecule has 0 aromatic rings. The Labute approximate surface area is 88.0 Å². The lowest BCUT2D eigenvalue weighted by Gasteiger charge is -2.24. The molecule has 84 valence electrons. The second kappa shape index (κ2) is 6.86. The minimum atomic E-state index is -0.0567. The van der Waals surface area contributed by atoms with Gasteiger partial charge in [-0.2, -0.15) is 0 Å². The van der Waals surface area contributed by atoms with Gasteiger partial charge >= 0.3 is 5.97 Å². The highest BCUT2D eigenvalue weighted by atomic mass is 16.5. The highest BCUT2D eigenvalue weighted by molar-refractivity contribution is 5.69. The fourth-order valence-corrected chi connectivity index (χ4v) is 1.95. The third-order valence-corrected chi connectivity index (χ3v) is 2.70. The maximum absolute atomic E-state index is 11.2. The van der Waals surface area contributed by atoms with Gasteiger partial charge in [0.2, 0.25) is 0 Å². The molecular weight excluding hydrogens is 176 g/mol. The third-order valence-electron chi connectivity index (χ3n) is 2.70. The van der Waals surface area contributed by atoms with Crippen molar-refractivity contribution < 1.29 is 9.53 Å². The van der Waals surface area contributed by atoms with Gasteiger partial charge in [-0.05, 0) is 31.1 Å². The summed E-state index contributed by atoms with van der Waals surface area (Å²) in [6.07, 6.45) is 1.52. The van der Waals surface area contributed by atoms with Crippen LogP contribution in [0.15, 0.2) is 0 Å². The first-order valence-corrected chi connectivity index (χ1v) is 5.64. The lowest BCUT2D eigenvalue weighted by molar-refractivity contribution is -0.143. The maximum Gasteiger partial charge on any atom is 0.305 e. The summed E-state index contributed by atoms with van der Waals surface area (Å²) in [4.78, 5) is 11.2. The molecule has 2 heteroatoms. The Kier molecular flexibility index (Phi) is 6.60. The quantitative estimate of drug-likeness (QED) is 0.615. The van der Waals surface area contributed by atoms with Crippen molar-refractivity contribution in [3.05, 3.63) is 0 Å². The molecule has 14 heavy (non-hydrogen) atoms. The predicted octanol–water partition coefficient (Wildman–Crippen LogP) is 3.26. The Morgan fingerprint density at radius 3 is 2.00 bits per heavy atom. The molecule has 0 fully saturated rings. The molecule has 0 unspecified atom stereocenters. The molecule has 0 saturated carbocycles. The number of ether oxygens (including phenoxy) is 1. The molecule has 2 nitrogen and oxygen atoms in total. The number of rotatable bonds is 6. The average molecular weight is 200 g/mol. The van der Waals surface area contributed by atoms with Crippen LogP contribution < -0.4 is 0 Å².